The second-order valence-electron chi connectivity index (χ2n) is 5.75. The summed E-state index contributed by atoms with van der Waals surface area (Å²) >= 11 is 0. The minimum atomic E-state index is -0.966. The summed E-state index contributed by atoms with van der Waals surface area (Å²) in [5.74, 6) is -0.428. The quantitative estimate of drug-likeness (QED) is 0.847. The third kappa shape index (κ3) is 3.05. The predicted molar refractivity (Wildman–Crippen MR) is 90.7 cm³/mol. The Morgan fingerprint density at radius 2 is 2.12 bits per heavy atom. The highest BCUT2D eigenvalue weighted by molar-refractivity contribution is 6.02. The van der Waals surface area contributed by atoms with Crippen molar-refractivity contribution in [3.63, 3.8) is 0 Å². The lowest BCUT2D eigenvalue weighted by Crippen LogP contribution is -2.48. The number of urea groups is 1. The Bertz CT molecular complexity index is 890. The number of carbonyl (C=O) groups is 2. The van der Waals surface area contributed by atoms with E-state index in [1.807, 2.05) is 0 Å². The fraction of sp³-hybridized carbons (Fsp3) is 0.278. The molecule has 136 valence electrons. The molecule has 2 heterocycles. The van der Waals surface area contributed by atoms with Gasteiger partial charge >= 0.3 is 12.0 Å². The maximum absolute atomic E-state index is 14.3. The largest absolute Gasteiger partial charge is 0.463 e. The van der Waals surface area contributed by atoms with E-state index in [4.69, 9.17) is 9.26 Å². The molecule has 1 aromatic carbocycles. The first-order valence-electron chi connectivity index (χ1n) is 8.10. The van der Waals surface area contributed by atoms with E-state index < -0.39 is 23.9 Å². The first-order valence-corrected chi connectivity index (χ1v) is 8.10. The number of halogens is 1. The number of nitrogens with one attached hydrogen (secondary N) is 1. The molecule has 8 heteroatoms. The molecule has 0 saturated heterocycles. The number of rotatable bonds is 4. The van der Waals surface area contributed by atoms with Crippen LogP contribution in [0.3, 0.4) is 0 Å². The molecular weight excluding hydrogens is 341 g/mol. The first-order chi connectivity index (χ1) is 12.4. The van der Waals surface area contributed by atoms with Gasteiger partial charge in [0.25, 0.3) is 0 Å². The molecule has 1 aliphatic heterocycles. The number of ether oxygens (including phenoxy) is 1. The molecule has 2 amide bonds. The second-order valence-corrected chi connectivity index (χ2v) is 5.75. The number of anilines is 1. The summed E-state index contributed by atoms with van der Waals surface area (Å²) in [6.07, 6.45) is 0. The number of aryl methyl sites for hydroxylation is 1. The van der Waals surface area contributed by atoms with Crippen LogP contribution in [0.2, 0.25) is 0 Å². The molecule has 0 bridgehead atoms. The number of carbonyl (C=O) groups excluding carboxylic acids is 2. The average Bonchev–Trinajstić information content (AvgIpc) is 3.01. The number of hydrogen-bond donors (Lipinski definition) is 1. The fourth-order valence-corrected chi connectivity index (χ4v) is 2.89. The van der Waals surface area contributed by atoms with Crippen LogP contribution in [0.5, 0.6) is 0 Å². The van der Waals surface area contributed by atoms with E-state index >= 15 is 0 Å². The van der Waals surface area contributed by atoms with Gasteiger partial charge in [-0.1, -0.05) is 23.4 Å². The summed E-state index contributed by atoms with van der Waals surface area (Å²) < 4.78 is 24.5. The predicted octanol–water partition coefficient (Wildman–Crippen LogP) is 3.23. The van der Waals surface area contributed by atoms with E-state index in [1.54, 1.807) is 32.9 Å². The SMILES string of the molecule is CCOC(=O)C1=C(C)N(c2cc(C)on2)C(=O)N[C@H]1c1ccccc1F. The zero-order valence-corrected chi connectivity index (χ0v) is 14.6. The maximum atomic E-state index is 14.3. The smallest absolute Gasteiger partial charge is 0.338 e. The van der Waals surface area contributed by atoms with Crippen LogP contribution in [-0.4, -0.2) is 23.8 Å². The molecule has 0 aliphatic carbocycles. The number of benzene rings is 1. The van der Waals surface area contributed by atoms with Crippen LogP contribution in [0.1, 0.15) is 31.2 Å². The molecule has 1 atom stereocenters. The minimum absolute atomic E-state index is 0.136. The highest BCUT2D eigenvalue weighted by Gasteiger charge is 2.39. The van der Waals surface area contributed by atoms with Crippen LogP contribution in [0.4, 0.5) is 15.0 Å². The van der Waals surface area contributed by atoms with Crippen LogP contribution in [0.15, 0.2) is 46.1 Å². The van der Waals surface area contributed by atoms with Crippen molar-refractivity contribution in [2.45, 2.75) is 26.8 Å². The Kier molecular flexibility index (Phi) is 4.75. The molecule has 2 aromatic rings. The first kappa shape index (κ1) is 17.7. The number of allylic oxidation sites excluding steroid dienone is 1. The lowest BCUT2D eigenvalue weighted by atomic mass is 9.94. The van der Waals surface area contributed by atoms with Crippen LogP contribution in [0, 0.1) is 12.7 Å². The number of esters is 1. The zero-order chi connectivity index (χ0) is 18.8. The molecule has 7 nitrogen and oxygen atoms in total. The third-order valence-electron chi connectivity index (χ3n) is 4.04. The maximum Gasteiger partial charge on any atom is 0.338 e. The molecule has 0 fully saturated rings. The van der Waals surface area contributed by atoms with Gasteiger partial charge in [-0.25, -0.2) is 18.9 Å². The molecule has 0 unspecified atom stereocenters. The third-order valence-corrected chi connectivity index (χ3v) is 4.04. The van der Waals surface area contributed by atoms with Crippen LogP contribution >= 0.6 is 0 Å². The summed E-state index contributed by atoms with van der Waals surface area (Å²) in [6, 6.07) is 6.01. The summed E-state index contributed by atoms with van der Waals surface area (Å²) in [5.41, 5.74) is 0.616. The van der Waals surface area contributed by atoms with E-state index in [0.29, 0.717) is 11.5 Å². The van der Waals surface area contributed by atoms with Crippen molar-refractivity contribution in [1.82, 2.24) is 10.5 Å². The van der Waals surface area contributed by atoms with Crippen molar-refractivity contribution in [2.75, 3.05) is 11.5 Å². The standard InChI is InChI=1S/C18H18FN3O4/c1-4-25-17(23)15-11(3)22(14-9-10(2)26-21-14)18(24)20-16(15)12-7-5-6-8-13(12)19/h5-9,16H,4H2,1-3H3,(H,20,24)/t16-/m0/s1. The van der Waals surface area contributed by atoms with E-state index in [0.717, 1.165) is 0 Å². The highest BCUT2D eigenvalue weighted by Crippen LogP contribution is 2.34. The van der Waals surface area contributed by atoms with Gasteiger partial charge in [-0.2, -0.15) is 0 Å². The van der Waals surface area contributed by atoms with E-state index in [2.05, 4.69) is 10.5 Å². The van der Waals surface area contributed by atoms with Gasteiger partial charge in [0.15, 0.2) is 5.82 Å². The Hall–Kier alpha value is -3.16. The minimum Gasteiger partial charge on any atom is -0.463 e. The van der Waals surface area contributed by atoms with Gasteiger partial charge in [0.2, 0.25) is 0 Å². The highest BCUT2D eigenvalue weighted by atomic mass is 19.1. The van der Waals surface area contributed by atoms with Crippen molar-refractivity contribution in [3.8, 4) is 0 Å². The molecule has 0 spiro atoms. The van der Waals surface area contributed by atoms with Crippen molar-refractivity contribution in [2.24, 2.45) is 0 Å². The summed E-state index contributed by atoms with van der Waals surface area (Å²) in [4.78, 5) is 26.4. The van der Waals surface area contributed by atoms with E-state index in [1.165, 1.54) is 23.1 Å². The van der Waals surface area contributed by atoms with Crippen LogP contribution in [0.25, 0.3) is 0 Å². The molecular formula is C18H18FN3O4. The van der Waals surface area contributed by atoms with Crippen molar-refractivity contribution in [3.05, 3.63) is 58.7 Å². The molecule has 26 heavy (non-hydrogen) atoms. The second kappa shape index (κ2) is 6.99. The molecule has 1 N–H and O–H groups in total. The van der Waals surface area contributed by atoms with Crippen LogP contribution < -0.4 is 10.2 Å². The number of aromatic nitrogens is 1. The Labute approximate surface area is 149 Å². The molecule has 1 aliphatic rings. The molecule has 1 aromatic heterocycles. The normalized spacial score (nSPS) is 17.3. The van der Waals surface area contributed by atoms with Gasteiger partial charge < -0.3 is 14.6 Å². The van der Waals surface area contributed by atoms with Crippen LogP contribution in [-0.2, 0) is 9.53 Å². The fourth-order valence-electron chi connectivity index (χ4n) is 2.89. The summed E-state index contributed by atoms with van der Waals surface area (Å²) in [5, 5.41) is 6.48. The topological polar surface area (TPSA) is 84.7 Å². The average molecular weight is 359 g/mol. The van der Waals surface area contributed by atoms with Gasteiger partial charge in [-0.3, -0.25) is 0 Å². The summed E-state index contributed by atoms with van der Waals surface area (Å²) in [7, 11) is 0. The zero-order valence-electron chi connectivity index (χ0n) is 14.6. The van der Waals surface area contributed by atoms with Crippen molar-refractivity contribution in [1.29, 1.82) is 0 Å². The van der Waals surface area contributed by atoms with Crippen molar-refractivity contribution < 1.29 is 23.2 Å². The van der Waals surface area contributed by atoms with Gasteiger partial charge in [0, 0.05) is 17.3 Å². The molecule has 3 rings (SSSR count). The number of nitrogens with zero attached hydrogens (tertiary/aromatic N) is 2. The van der Waals surface area contributed by atoms with E-state index in [-0.39, 0.29) is 23.6 Å². The van der Waals surface area contributed by atoms with Crippen molar-refractivity contribution >= 4 is 17.8 Å². The molecule has 0 radical (unpaired) electrons. The van der Waals surface area contributed by atoms with E-state index in [9.17, 15) is 14.0 Å². The Morgan fingerprint density at radius 1 is 1.38 bits per heavy atom. The van der Waals surface area contributed by atoms with Gasteiger partial charge in [-0.15, -0.1) is 0 Å². The van der Waals surface area contributed by atoms with Gasteiger partial charge in [-0.05, 0) is 26.8 Å². The lowest BCUT2D eigenvalue weighted by molar-refractivity contribution is -0.139. The Morgan fingerprint density at radius 3 is 2.73 bits per heavy atom. The van der Waals surface area contributed by atoms with Gasteiger partial charge in [0.05, 0.1) is 18.2 Å². The Balaban J connectivity index is 2.15. The van der Waals surface area contributed by atoms with Gasteiger partial charge in [0.1, 0.15) is 11.6 Å². The molecule has 0 saturated carbocycles. The number of amides is 2. The summed E-state index contributed by atoms with van der Waals surface area (Å²) in [6.45, 7) is 5.09. The number of hydrogen-bond acceptors (Lipinski definition) is 5. The monoisotopic (exact) mass is 359 g/mol. The lowest BCUT2D eigenvalue weighted by Gasteiger charge is -2.34.